The Morgan fingerprint density at radius 3 is 2.65 bits per heavy atom. The summed E-state index contributed by atoms with van der Waals surface area (Å²) in [6, 6.07) is 14.7. The SMILES string of the molecule is COC(=O)[C@H]1C(=O)NC(SCc2ccccc2Cl)=C(C#N)[C@@H]1c1ccc(OC)c(Br)c1. The van der Waals surface area contributed by atoms with Gasteiger partial charge in [0.1, 0.15) is 11.7 Å². The van der Waals surface area contributed by atoms with Crippen LogP contribution in [0, 0.1) is 17.2 Å². The fourth-order valence-corrected chi connectivity index (χ4v) is 5.21. The maximum absolute atomic E-state index is 12.9. The Morgan fingerprint density at radius 2 is 2.03 bits per heavy atom. The molecule has 1 heterocycles. The van der Waals surface area contributed by atoms with E-state index in [0.29, 0.717) is 31.6 Å². The number of nitrogens with one attached hydrogen (secondary N) is 1. The first-order valence-corrected chi connectivity index (χ1v) is 11.3. The van der Waals surface area contributed by atoms with Crippen LogP contribution in [0.25, 0.3) is 0 Å². The zero-order chi connectivity index (χ0) is 22.5. The molecule has 1 amide bonds. The molecule has 0 unspecified atom stereocenters. The predicted molar refractivity (Wildman–Crippen MR) is 122 cm³/mol. The highest BCUT2D eigenvalue weighted by Gasteiger charge is 2.44. The summed E-state index contributed by atoms with van der Waals surface area (Å²) < 4.78 is 10.8. The van der Waals surface area contributed by atoms with Gasteiger partial charge in [-0.05, 0) is 45.3 Å². The summed E-state index contributed by atoms with van der Waals surface area (Å²) in [4.78, 5) is 25.4. The maximum Gasteiger partial charge on any atom is 0.319 e. The van der Waals surface area contributed by atoms with Crippen molar-refractivity contribution in [3.05, 3.63) is 73.7 Å². The molecule has 0 saturated carbocycles. The number of halogens is 2. The van der Waals surface area contributed by atoms with Gasteiger partial charge < -0.3 is 14.8 Å². The number of rotatable bonds is 6. The number of hydrogen-bond donors (Lipinski definition) is 1. The van der Waals surface area contributed by atoms with Gasteiger partial charge in [-0.2, -0.15) is 5.26 Å². The lowest BCUT2D eigenvalue weighted by molar-refractivity contribution is -0.150. The van der Waals surface area contributed by atoms with Gasteiger partial charge in [-0.3, -0.25) is 9.59 Å². The van der Waals surface area contributed by atoms with E-state index >= 15 is 0 Å². The van der Waals surface area contributed by atoms with Gasteiger partial charge in [0.05, 0.1) is 35.4 Å². The highest BCUT2D eigenvalue weighted by atomic mass is 79.9. The largest absolute Gasteiger partial charge is 0.496 e. The van der Waals surface area contributed by atoms with Gasteiger partial charge in [0, 0.05) is 16.7 Å². The van der Waals surface area contributed by atoms with Crippen molar-refractivity contribution in [2.45, 2.75) is 11.7 Å². The van der Waals surface area contributed by atoms with Crippen LogP contribution in [-0.2, 0) is 20.1 Å². The number of hydrogen-bond acceptors (Lipinski definition) is 6. The first-order chi connectivity index (χ1) is 14.9. The van der Waals surface area contributed by atoms with Gasteiger partial charge >= 0.3 is 5.97 Å². The topological polar surface area (TPSA) is 88.4 Å². The summed E-state index contributed by atoms with van der Waals surface area (Å²) in [6.45, 7) is 0. The summed E-state index contributed by atoms with van der Waals surface area (Å²) >= 11 is 10.9. The van der Waals surface area contributed by atoms with Gasteiger partial charge in [-0.25, -0.2) is 0 Å². The van der Waals surface area contributed by atoms with Gasteiger partial charge in [0.25, 0.3) is 0 Å². The lowest BCUT2D eigenvalue weighted by Gasteiger charge is -2.31. The van der Waals surface area contributed by atoms with Crippen LogP contribution in [0.4, 0.5) is 0 Å². The van der Waals surface area contributed by atoms with Crippen LogP contribution in [0.3, 0.4) is 0 Å². The van der Waals surface area contributed by atoms with Crippen molar-refractivity contribution in [1.29, 1.82) is 5.26 Å². The van der Waals surface area contributed by atoms with E-state index in [4.69, 9.17) is 21.1 Å². The second-order valence-corrected chi connectivity index (χ2v) is 8.84. The van der Waals surface area contributed by atoms with E-state index in [9.17, 15) is 14.9 Å². The number of allylic oxidation sites excluding steroid dienone is 1. The molecule has 0 spiro atoms. The normalized spacial score (nSPS) is 18.2. The standard InChI is InChI=1S/C22H18BrClN2O4S/c1-29-17-8-7-12(9-15(17)23)18-14(10-25)21(26-20(27)19(18)22(28)30-2)31-11-13-5-3-4-6-16(13)24/h3-9,18-19H,11H2,1-2H3,(H,26,27)/t18-,19+/m0/s1. The lowest BCUT2D eigenvalue weighted by Crippen LogP contribution is -2.44. The van der Waals surface area contributed by atoms with Crippen LogP contribution in [0.15, 0.2) is 57.5 Å². The first-order valence-electron chi connectivity index (χ1n) is 9.13. The van der Waals surface area contributed by atoms with E-state index in [1.165, 1.54) is 26.0 Å². The van der Waals surface area contributed by atoms with E-state index in [-0.39, 0.29) is 5.57 Å². The lowest BCUT2D eigenvalue weighted by atomic mass is 9.78. The molecule has 1 aliphatic heterocycles. The molecule has 0 aliphatic carbocycles. The van der Waals surface area contributed by atoms with Gasteiger partial charge in [-0.1, -0.05) is 35.9 Å². The minimum atomic E-state index is -1.19. The summed E-state index contributed by atoms with van der Waals surface area (Å²) in [5.74, 6) is -2.19. The smallest absolute Gasteiger partial charge is 0.319 e. The third-order valence-corrected chi connectivity index (χ3v) is 6.90. The fraction of sp³-hybridized carbons (Fsp3) is 0.227. The van der Waals surface area contributed by atoms with Crippen molar-refractivity contribution in [1.82, 2.24) is 5.32 Å². The molecule has 0 fully saturated rings. The zero-order valence-electron chi connectivity index (χ0n) is 16.6. The summed E-state index contributed by atoms with van der Waals surface area (Å²) in [6.07, 6.45) is 0. The molecule has 31 heavy (non-hydrogen) atoms. The zero-order valence-corrected chi connectivity index (χ0v) is 19.8. The summed E-state index contributed by atoms with van der Waals surface area (Å²) in [7, 11) is 2.75. The Kier molecular flexibility index (Phi) is 7.65. The Balaban J connectivity index is 2.06. The fourth-order valence-electron chi connectivity index (χ4n) is 3.32. The van der Waals surface area contributed by atoms with Crippen molar-refractivity contribution in [2.24, 2.45) is 5.92 Å². The van der Waals surface area contributed by atoms with Crippen molar-refractivity contribution in [3.8, 4) is 11.8 Å². The molecule has 2 atom stereocenters. The van der Waals surface area contributed by atoms with Gasteiger partial charge in [-0.15, -0.1) is 11.8 Å². The van der Waals surface area contributed by atoms with Crippen molar-refractivity contribution in [2.75, 3.05) is 14.2 Å². The van der Waals surface area contributed by atoms with Crippen molar-refractivity contribution < 1.29 is 19.1 Å². The number of benzene rings is 2. The average Bonchev–Trinajstić information content (AvgIpc) is 2.77. The predicted octanol–water partition coefficient (Wildman–Crippen LogP) is 4.78. The number of amides is 1. The number of nitriles is 1. The number of thioether (sulfide) groups is 1. The Labute approximate surface area is 197 Å². The molecule has 2 aromatic carbocycles. The Hall–Kier alpha value is -2.47. The molecule has 0 saturated heterocycles. The molecule has 160 valence electrons. The summed E-state index contributed by atoms with van der Waals surface area (Å²) in [5, 5.41) is 13.7. The third kappa shape index (κ3) is 4.90. The third-order valence-electron chi connectivity index (χ3n) is 4.85. The number of methoxy groups -OCH3 is 2. The highest BCUT2D eigenvalue weighted by Crippen LogP contribution is 2.42. The maximum atomic E-state index is 12.9. The summed E-state index contributed by atoms with van der Waals surface area (Å²) in [5.41, 5.74) is 1.77. The molecule has 0 aromatic heterocycles. The minimum absolute atomic E-state index is 0.282. The van der Waals surface area contributed by atoms with E-state index in [2.05, 4.69) is 27.3 Å². The number of nitrogens with zero attached hydrogens (tertiary/aromatic N) is 1. The first kappa shape index (κ1) is 23.2. The molecule has 0 radical (unpaired) electrons. The molecule has 1 N–H and O–H groups in total. The van der Waals surface area contributed by atoms with Crippen LogP contribution < -0.4 is 10.1 Å². The Bertz CT molecular complexity index is 1100. The van der Waals surface area contributed by atoms with Crippen LogP contribution in [0.2, 0.25) is 5.02 Å². The van der Waals surface area contributed by atoms with Crippen LogP contribution in [-0.4, -0.2) is 26.1 Å². The van der Waals surface area contributed by atoms with E-state index in [1.807, 2.05) is 18.2 Å². The van der Waals surface area contributed by atoms with E-state index in [1.54, 1.807) is 24.3 Å². The van der Waals surface area contributed by atoms with E-state index < -0.39 is 23.7 Å². The minimum Gasteiger partial charge on any atom is -0.496 e. The van der Waals surface area contributed by atoms with Crippen LogP contribution in [0.5, 0.6) is 5.75 Å². The Morgan fingerprint density at radius 1 is 1.29 bits per heavy atom. The number of carbonyl (C=O) groups is 2. The molecule has 6 nitrogen and oxygen atoms in total. The van der Waals surface area contributed by atoms with Crippen molar-refractivity contribution >= 4 is 51.2 Å². The van der Waals surface area contributed by atoms with Crippen LogP contribution in [0.1, 0.15) is 17.0 Å². The highest BCUT2D eigenvalue weighted by molar-refractivity contribution is 9.10. The molecular weight excluding hydrogens is 504 g/mol. The second-order valence-electron chi connectivity index (χ2n) is 6.60. The molecular formula is C22H18BrClN2O4S. The molecule has 9 heteroatoms. The van der Waals surface area contributed by atoms with Crippen LogP contribution >= 0.6 is 39.3 Å². The van der Waals surface area contributed by atoms with Crippen molar-refractivity contribution in [3.63, 3.8) is 0 Å². The molecule has 2 aromatic rings. The van der Waals surface area contributed by atoms with Gasteiger partial charge in [0.15, 0.2) is 0 Å². The molecule has 3 rings (SSSR count). The monoisotopic (exact) mass is 520 g/mol. The van der Waals surface area contributed by atoms with E-state index in [0.717, 1.165) is 5.56 Å². The number of carbonyl (C=O) groups excluding carboxylic acids is 2. The quantitative estimate of drug-likeness (QED) is 0.435. The molecule has 1 aliphatic rings. The molecule has 0 bridgehead atoms. The van der Waals surface area contributed by atoms with Gasteiger partial charge in [0.2, 0.25) is 5.91 Å². The number of esters is 1. The number of ether oxygens (including phenoxy) is 2. The average molecular weight is 522 g/mol. The second kappa shape index (κ2) is 10.2.